The molecule has 2 aliphatic heterocycles. The van der Waals surface area contributed by atoms with Crippen LogP contribution in [0.25, 0.3) is 0 Å². The van der Waals surface area contributed by atoms with Crippen LogP contribution in [0.3, 0.4) is 0 Å². The summed E-state index contributed by atoms with van der Waals surface area (Å²) in [7, 11) is 0. The van der Waals surface area contributed by atoms with Crippen molar-refractivity contribution in [2.45, 2.75) is 92.2 Å². The number of aliphatic hydroxyl groups is 2. The zero-order valence-electron chi connectivity index (χ0n) is 15.6. The normalized spacial score (nSPS) is 24.5. The number of fused-ring (bicyclic) bond motifs is 1. The van der Waals surface area contributed by atoms with E-state index in [-0.39, 0.29) is 12.4 Å². The van der Waals surface area contributed by atoms with Crippen LogP contribution in [0.1, 0.15) is 68.2 Å². The van der Waals surface area contributed by atoms with E-state index < -0.39 is 11.6 Å². The van der Waals surface area contributed by atoms with Crippen molar-refractivity contribution in [1.29, 1.82) is 5.41 Å². The topological polar surface area (TPSA) is 92.0 Å². The van der Waals surface area contributed by atoms with Gasteiger partial charge in [-0.05, 0) is 47.3 Å². The molecule has 2 unspecified atom stereocenters. The van der Waals surface area contributed by atoms with Gasteiger partial charge in [0.15, 0.2) is 17.9 Å². The van der Waals surface area contributed by atoms with Crippen LogP contribution in [-0.2, 0) is 14.2 Å². The zero-order chi connectivity index (χ0) is 18.4. The monoisotopic (exact) mass is 323 g/mol. The van der Waals surface area contributed by atoms with Gasteiger partial charge in [0.2, 0.25) is 0 Å². The van der Waals surface area contributed by atoms with E-state index in [2.05, 4.69) is 6.72 Å². The van der Waals surface area contributed by atoms with E-state index in [0.717, 1.165) is 19.4 Å². The standard InChI is InChI=1S/C8H14O3.C3H8O2.2C2H6.CH3N/c1-8(2)10-6-4-3-5-9-7(6)11-8;1-3(2,4)5;3*1-2/h6-7H,3-5H2,1-2H3;4-5H,1-2H3;2*1-2H3;2H,1H2. The number of nitrogens with one attached hydrogen (secondary N) is 1. The predicted molar refractivity (Wildman–Crippen MR) is 90.1 cm³/mol. The van der Waals surface area contributed by atoms with E-state index >= 15 is 0 Å². The molecule has 0 radical (unpaired) electrons. The molecule has 3 N–H and O–H groups in total. The van der Waals surface area contributed by atoms with Crippen LogP contribution >= 0.6 is 0 Å². The Labute approximate surface area is 136 Å². The second kappa shape index (κ2) is 14.1. The Kier molecular flexibility index (Phi) is 16.9. The van der Waals surface area contributed by atoms with Gasteiger partial charge in [-0.1, -0.05) is 27.7 Å². The number of hydrogen-bond donors (Lipinski definition) is 3. The molecule has 0 spiro atoms. The molecule has 0 aromatic rings. The fourth-order valence-electron chi connectivity index (χ4n) is 1.62. The minimum absolute atomic E-state index is 0.112. The molecule has 22 heavy (non-hydrogen) atoms. The van der Waals surface area contributed by atoms with Crippen molar-refractivity contribution >= 4 is 6.72 Å². The second-order valence-electron chi connectivity index (χ2n) is 5.05. The third kappa shape index (κ3) is 15.9. The Morgan fingerprint density at radius 1 is 1.05 bits per heavy atom. The van der Waals surface area contributed by atoms with Crippen LogP contribution in [0.5, 0.6) is 0 Å². The molecular weight excluding hydrogens is 286 g/mol. The van der Waals surface area contributed by atoms with Crippen molar-refractivity contribution in [3.8, 4) is 0 Å². The van der Waals surface area contributed by atoms with E-state index in [0.29, 0.717) is 0 Å². The van der Waals surface area contributed by atoms with Crippen LogP contribution in [-0.4, -0.2) is 47.5 Å². The lowest BCUT2D eigenvalue weighted by atomic mass is 10.1. The first kappa shape index (κ1) is 26.4. The summed E-state index contributed by atoms with van der Waals surface area (Å²) in [6.45, 7) is 17.8. The summed E-state index contributed by atoms with van der Waals surface area (Å²) < 4.78 is 16.5. The summed E-state index contributed by atoms with van der Waals surface area (Å²) >= 11 is 0. The van der Waals surface area contributed by atoms with Crippen molar-refractivity contribution in [3.05, 3.63) is 0 Å². The van der Waals surface area contributed by atoms with Crippen molar-refractivity contribution in [2.24, 2.45) is 0 Å². The summed E-state index contributed by atoms with van der Waals surface area (Å²) in [4.78, 5) is 0. The highest BCUT2D eigenvalue weighted by Crippen LogP contribution is 2.33. The predicted octanol–water partition coefficient (Wildman–Crippen LogP) is 3.30. The van der Waals surface area contributed by atoms with Gasteiger partial charge in [0.05, 0.1) is 0 Å². The zero-order valence-corrected chi connectivity index (χ0v) is 15.6. The molecule has 2 heterocycles. The maximum atomic E-state index is 8.08. The highest BCUT2D eigenvalue weighted by Gasteiger charge is 2.43. The fourth-order valence-corrected chi connectivity index (χ4v) is 1.62. The molecule has 136 valence electrons. The summed E-state index contributed by atoms with van der Waals surface area (Å²) in [5.74, 6) is -1.94. The van der Waals surface area contributed by atoms with Crippen molar-refractivity contribution < 1.29 is 24.4 Å². The Balaban J connectivity index is -0.000000280. The highest BCUT2D eigenvalue weighted by atomic mass is 16.8. The van der Waals surface area contributed by atoms with E-state index in [4.69, 9.17) is 29.8 Å². The molecule has 0 aliphatic carbocycles. The summed E-state index contributed by atoms with van der Waals surface area (Å²) in [5.41, 5.74) is 0. The number of hydrogen-bond acceptors (Lipinski definition) is 6. The average molecular weight is 323 g/mol. The van der Waals surface area contributed by atoms with Gasteiger partial charge in [0.1, 0.15) is 6.10 Å². The van der Waals surface area contributed by atoms with E-state index in [1.165, 1.54) is 13.8 Å². The van der Waals surface area contributed by atoms with Crippen LogP contribution in [0, 0.1) is 5.41 Å². The Morgan fingerprint density at radius 2 is 1.45 bits per heavy atom. The Hall–Kier alpha value is -0.530. The van der Waals surface area contributed by atoms with Crippen molar-refractivity contribution in [3.63, 3.8) is 0 Å². The van der Waals surface area contributed by atoms with Gasteiger partial charge in [0.25, 0.3) is 0 Å². The molecular formula is C16H37NO5. The molecule has 2 atom stereocenters. The molecule has 2 aliphatic rings. The Bertz CT molecular complexity index is 219. The summed E-state index contributed by atoms with van der Waals surface area (Å²) in [5, 5.41) is 21.7. The van der Waals surface area contributed by atoms with Gasteiger partial charge in [-0.2, -0.15) is 0 Å². The summed E-state index contributed by atoms with van der Waals surface area (Å²) in [6, 6.07) is 0. The molecule has 0 saturated carbocycles. The number of rotatable bonds is 0. The van der Waals surface area contributed by atoms with E-state index in [1.807, 2.05) is 41.5 Å². The average Bonchev–Trinajstić information content (AvgIpc) is 2.77. The fraction of sp³-hybridized carbons (Fsp3) is 0.938. The lowest BCUT2D eigenvalue weighted by molar-refractivity contribution is -0.191. The molecule has 0 amide bonds. The second-order valence-corrected chi connectivity index (χ2v) is 5.05. The largest absolute Gasteiger partial charge is 0.366 e. The third-order valence-corrected chi connectivity index (χ3v) is 2.05. The Morgan fingerprint density at radius 3 is 1.82 bits per heavy atom. The first-order valence-corrected chi connectivity index (χ1v) is 7.95. The molecule has 0 bridgehead atoms. The van der Waals surface area contributed by atoms with Crippen LogP contribution in [0.2, 0.25) is 0 Å². The quantitative estimate of drug-likeness (QED) is 0.470. The van der Waals surface area contributed by atoms with Gasteiger partial charge in [0, 0.05) is 6.61 Å². The highest BCUT2D eigenvalue weighted by molar-refractivity contribution is 5.15. The minimum atomic E-state index is -1.50. The van der Waals surface area contributed by atoms with Crippen LogP contribution in [0.4, 0.5) is 0 Å². The number of ether oxygens (including phenoxy) is 3. The molecule has 2 saturated heterocycles. The van der Waals surface area contributed by atoms with Gasteiger partial charge in [-0.15, -0.1) is 0 Å². The first-order valence-electron chi connectivity index (χ1n) is 7.95. The summed E-state index contributed by atoms with van der Waals surface area (Å²) in [6.07, 6.45) is 2.20. The van der Waals surface area contributed by atoms with Crippen LogP contribution in [0.15, 0.2) is 0 Å². The minimum Gasteiger partial charge on any atom is -0.366 e. The lowest BCUT2D eigenvalue weighted by Gasteiger charge is -2.21. The van der Waals surface area contributed by atoms with Gasteiger partial charge in [-0.3, -0.25) is 0 Å². The van der Waals surface area contributed by atoms with Gasteiger partial charge >= 0.3 is 0 Å². The molecule has 6 nitrogen and oxygen atoms in total. The maximum Gasteiger partial charge on any atom is 0.187 e. The molecule has 0 aromatic carbocycles. The van der Waals surface area contributed by atoms with E-state index in [1.54, 1.807) is 0 Å². The van der Waals surface area contributed by atoms with Crippen molar-refractivity contribution in [1.82, 2.24) is 0 Å². The third-order valence-electron chi connectivity index (χ3n) is 2.05. The molecule has 2 rings (SSSR count). The van der Waals surface area contributed by atoms with Gasteiger partial charge in [-0.25, -0.2) is 0 Å². The maximum absolute atomic E-state index is 8.08. The SMILES string of the molecule is C=N.CC.CC.CC(C)(O)O.CC1(C)OC2CCCOC2O1. The van der Waals surface area contributed by atoms with Crippen molar-refractivity contribution in [2.75, 3.05) is 6.61 Å². The van der Waals surface area contributed by atoms with Crippen LogP contribution < -0.4 is 0 Å². The smallest absolute Gasteiger partial charge is 0.187 e. The molecule has 0 aromatic heterocycles. The van der Waals surface area contributed by atoms with E-state index in [9.17, 15) is 0 Å². The molecule has 2 fully saturated rings. The van der Waals surface area contributed by atoms with Gasteiger partial charge < -0.3 is 29.8 Å². The molecule has 6 heteroatoms. The lowest BCUT2D eigenvalue weighted by Crippen LogP contribution is -2.30. The first-order chi connectivity index (χ1) is 10.2.